The smallest absolute Gasteiger partial charge is 0.303 e. The third-order valence-corrected chi connectivity index (χ3v) is 7.53. The van der Waals surface area contributed by atoms with E-state index in [0.717, 1.165) is 69.7 Å². The van der Waals surface area contributed by atoms with Crippen LogP contribution < -0.4 is 0 Å². The van der Waals surface area contributed by atoms with E-state index in [0.29, 0.717) is 25.2 Å². The third kappa shape index (κ3) is 4.92. The minimum Gasteiger partial charge on any atom is -0.481 e. The largest absolute Gasteiger partial charge is 0.481 e. The summed E-state index contributed by atoms with van der Waals surface area (Å²) in [4.78, 5) is 15.8. The molecule has 0 aliphatic heterocycles. The van der Waals surface area contributed by atoms with Gasteiger partial charge in [0.2, 0.25) is 0 Å². The molecule has 1 aliphatic rings. The maximum Gasteiger partial charge on any atom is 0.303 e. The first-order valence-electron chi connectivity index (χ1n) is 12.6. The Kier molecular flexibility index (Phi) is 6.41. The first-order valence-corrected chi connectivity index (χ1v) is 12.6. The van der Waals surface area contributed by atoms with E-state index >= 15 is 0 Å². The second kappa shape index (κ2) is 9.52. The number of rotatable bonds is 7. The second-order valence-corrected chi connectivity index (χ2v) is 10.4. The molecule has 6 nitrogen and oxygen atoms in total. The van der Waals surface area contributed by atoms with Gasteiger partial charge in [-0.2, -0.15) is 0 Å². The number of aromatic nitrogens is 3. The average molecular weight is 490 g/mol. The maximum atomic E-state index is 14.4. The summed E-state index contributed by atoms with van der Waals surface area (Å²) in [5, 5.41) is 13.1. The van der Waals surface area contributed by atoms with Crippen LogP contribution in [0, 0.1) is 19.8 Å². The summed E-state index contributed by atoms with van der Waals surface area (Å²) in [6.45, 7) is 6.37. The van der Waals surface area contributed by atoms with Crippen LogP contribution in [-0.2, 0) is 17.8 Å². The zero-order valence-electron chi connectivity index (χ0n) is 21.1. The summed E-state index contributed by atoms with van der Waals surface area (Å²) in [5.74, 6) is 0.382. The van der Waals surface area contributed by atoms with Crippen LogP contribution in [0.15, 0.2) is 47.2 Å². The molecule has 0 amide bonds. The molecular formula is C29H32FN3O3. The summed E-state index contributed by atoms with van der Waals surface area (Å²) >= 11 is 0. The lowest BCUT2D eigenvalue weighted by Crippen LogP contribution is -2.27. The minimum absolute atomic E-state index is 0.115. The van der Waals surface area contributed by atoms with E-state index < -0.39 is 11.6 Å². The number of hydrogen-bond acceptors (Lipinski definition) is 4. The van der Waals surface area contributed by atoms with Crippen LogP contribution in [0.3, 0.4) is 0 Å². The number of pyridine rings is 1. The van der Waals surface area contributed by atoms with Gasteiger partial charge >= 0.3 is 5.97 Å². The van der Waals surface area contributed by atoms with Crippen LogP contribution in [0.4, 0.5) is 4.39 Å². The lowest BCUT2D eigenvalue weighted by Gasteiger charge is -2.31. The molecule has 3 aromatic heterocycles. The summed E-state index contributed by atoms with van der Waals surface area (Å²) in [5.41, 5.74) is 6.72. The number of aliphatic carboxylic acids is 1. The molecule has 1 aromatic carbocycles. The molecule has 36 heavy (non-hydrogen) atoms. The summed E-state index contributed by atoms with van der Waals surface area (Å²) in [6.07, 6.45) is 7.60. The van der Waals surface area contributed by atoms with Crippen LogP contribution in [-0.4, -0.2) is 31.5 Å². The monoisotopic (exact) mass is 489 g/mol. The maximum absolute atomic E-state index is 14.4. The Labute approximate surface area is 210 Å². The molecule has 0 saturated heterocycles. The molecule has 7 heteroatoms. The van der Waals surface area contributed by atoms with Crippen molar-refractivity contribution >= 4 is 17.0 Å². The predicted octanol–water partition coefficient (Wildman–Crippen LogP) is 6.91. The van der Waals surface area contributed by atoms with E-state index in [1.807, 2.05) is 44.3 Å². The van der Waals surface area contributed by atoms with Gasteiger partial charge in [0, 0.05) is 42.0 Å². The average Bonchev–Trinajstić information content (AvgIpc) is 3.38. The normalized spacial score (nSPS) is 20.2. The molecule has 188 valence electrons. The van der Waals surface area contributed by atoms with E-state index in [9.17, 15) is 9.18 Å². The lowest BCUT2D eigenvalue weighted by molar-refractivity contribution is -0.136. The Morgan fingerprint density at radius 1 is 1.19 bits per heavy atom. The van der Waals surface area contributed by atoms with Gasteiger partial charge in [-0.25, -0.2) is 4.39 Å². The molecule has 0 unspecified atom stereocenters. The van der Waals surface area contributed by atoms with Gasteiger partial charge in [0.25, 0.3) is 0 Å². The van der Waals surface area contributed by atoms with Crippen molar-refractivity contribution in [2.45, 2.75) is 71.5 Å². The summed E-state index contributed by atoms with van der Waals surface area (Å²) < 4.78 is 22.1. The van der Waals surface area contributed by atoms with Crippen molar-refractivity contribution in [2.24, 2.45) is 5.92 Å². The van der Waals surface area contributed by atoms with Crippen LogP contribution >= 0.6 is 0 Å². The highest BCUT2D eigenvalue weighted by Crippen LogP contribution is 2.38. The molecule has 1 fully saturated rings. The molecule has 3 heterocycles. The number of carboxylic acids is 1. The quantitative estimate of drug-likeness (QED) is 0.305. The van der Waals surface area contributed by atoms with E-state index in [1.54, 1.807) is 6.92 Å². The van der Waals surface area contributed by atoms with Crippen LogP contribution in [0.25, 0.3) is 33.3 Å². The Bertz CT molecular complexity index is 1370. The van der Waals surface area contributed by atoms with Gasteiger partial charge in [-0.1, -0.05) is 29.4 Å². The number of halogens is 1. The molecule has 0 bridgehead atoms. The van der Waals surface area contributed by atoms with Gasteiger partial charge in [0.05, 0.1) is 16.7 Å². The Morgan fingerprint density at radius 2 is 1.92 bits per heavy atom. The highest BCUT2D eigenvalue weighted by molar-refractivity contribution is 5.95. The Hall–Kier alpha value is -3.48. The first kappa shape index (κ1) is 24.2. The zero-order valence-corrected chi connectivity index (χ0v) is 21.1. The fourth-order valence-electron chi connectivity index (χ4n) is 5.40. The third-order valence-electron chi connectivity index (χ3n) is 7.53. The SMILES string of the molecule is Cc1noc(C)c1-c1cnc2c(-c3ccc(CCC(=O)O)cc3)cn(CC3CCC(C)(F)CC3)c2c1. The van der Waals surface area contributed by atoms with Gasteiger partial charge in [-0.15, -0.1) is 0 Å². The highest BCUT2D eigenvalue weighted by atomic mass is 19.1. The predicted molar refractivity (Wildman–Crippen MR) is 138 cm³/mol. The van der Waals surface area contributed by atoms with Crippen LogP contribution in [0.5, 0.6) is 0 Å². The molecule has 1 saturated carbocycles. The standard InChI is InChI=1S/C29H32FN3O3/c1-18-27(19(2)36-32-18)23-14-25-28(31-15-23)24(22-7-4-20(5-8-22)6-9-26(34)35)17-33(25)16-21-10-12-29(3,30)13-11-21/h4-5,7-8,14-15,17,21H,6,9-13,16H2,1-3H3,(H,34,35). The van der Waals surface area contributed by atoms with Crippen molar-refractivity contribution in [3.63, 3.8) is 0 Å². The number of benzene rings is 1. The minimum atomic E-state index is -1.05. The molecule has 1 N–H and O–H groups in total. The molecule has 0 atom stereocenters. The fraction of sp³-hybridized carbons (Fsp3) is 0.414. The number of carbonyl (C=O) groups is 1. The zero-order chi connectivity index (χ0) is 25.4. The van der Waals surface area contributed by atoms with Crippen molar-refractivity contribution < 1.29 is 18.8 Å². The summed E-state index contributed by atoms with van der Waals surface area (Å²) in [6, 6.07) is 10.2. The first-order chi connectivity index (χ1) is 17.2. The van der Waals surface area contributed by atoms with Gasteiger partial charge in [-0.3, -0.25) is 9.78 Å². The van der Waals surface area contributed by atoms with Crippen molar-refractivity contribution in [1.29, 1.82) is 0 Å². The molecule has 1 aliphatic carbocycles. The number of hydrogen-bond donors (Lipinski definition) is 1. The van der Waals surface area contributed by atoms with Gasteiger partial charge in [0.1, 0.15) is 11.4 Å². The van der Waals surface area contributed by atoms with E-state index in [-0.39, 0.29) is 6.42 Å². The summed E-state index contributed by atoms with van der Waals surface area (Å²) in [7, 11) is 0. The molecular weight excluding hydrogens is 457 g/mol. The molecule has 5 rings (SSSR count). The Morgan fingerprint density at radius 3 is 2.56 bits per heavy atom. The van der Waals surface area contributed by atoms with Crippen molar-refractivity contribution in [3.8, 4) is 22.3 Å². The highest BCUT2D eigenvalue weighted by Gasteiger charge is 2.31. The lowest BCUT2D eigenvalue weighted by atomic mass is 9.81. The number of nitrogens with zero attached hydrogens (tertiary/aromatic N) is 3. The van der Waals surface area contributed by atoms with Gasteiger partial charge in [0.15, 0.2) is 0 Å². The van der Waals surface area contributed by atoms with Gasteiger partial charge < -0.3 is 14.2 Å². The Balaban J connectivity index is 1.53. The topological polar surface area (TPSA) is 81.2 Å². The number of alkyl halides is 1. The van der Waals surface area contributed by atoms with Crippen LogP contribution in [0.1, 0.15) is 56.0 Å². The molecule has 0 radical (unpaired) electrons. The van der Waals surface area contributed by atoms with Crippen molar-refractivity contribution in [1.82, 2.24) is 14.7 Å². The second-order valence-electron chi connectivity index (χ2n) is 10.4. The number of fused-ring (bicyclic) bond motifs is 1. The van der Waals surface area contributed by atoms with E-state index in [2.05, 4.69) is 22.0 Å². The van der Waals surface area contributed by atoms with Gasteiger partial charge in [-0.05, 0) is 76.0 Å². The fourth-order valence-corrected chi connectivity index (χ4v) is 5.40. The van der Waals surface area contributed by atoms with E-state index in [1.165, 1.54) is 0 Å². The number of carboxylic acid groups (broad SMARTS) is 1. The van der Waals surface area contributed by atoms with Crippen molar-refractivity contribution in [2.75, 3.05) is 0 Å². The van der Waals surface area contributed by atoms with Crippen molar-refractivity contribution in [3.05, 3.63) is 59.7 Å². The molecule has 4 aromatic rings. The number of aryl methyl sites for hydroxylation is 3. The van der Waals surface area contributed by atoms with E-state index in [4.69, 9.17) is 14.6 Å². The van der Waals surface area contributed by atoms with Crippen LogP contribution in [0.2, 0.25) is 0 Å². The molecule has 0 spiro atoms.